The number of hydrogen-bond donors (Lipinski definition) is 2. The third-order valence-electron chi connectivity index (χ3n) is 3.21. The normalized spacial score (nSPS) is 10.5. The van der Waals surface area contributed by atoms with E-state index in [9.17, 15) is 5.11 Å². The molecule has 5 heteroatoms. The number of pyridine rings is 1. The van der Waals surface area contributed by atoms with Crippen molar-refractivity contribution in [2.45, 2.75) is 27.1 Å². The number of nitrogens with zero attached hydrogens (tertiary/aromatic N) is 1. The highest BCUT2D eigenvalue weighted by Crippen LogP contribution is 2.34. The Hall–Kier alpha value is -2.11. The molecule has 0 amide bonds. The summed E-state index contributed by atoms with van der Waals surface area (Å²) in [6.45, 7) is 3.55. The van der Waals surface area contributed by atoms with Gasteiger partial charge < -0.3 is 19.7 Å². The van der Waals surface area contributed by atoms with Gasteiger partial charge in [0.2, 0.25) is 5.88 Å². The number of hydrogen-bond acceptors (Lipinski definition) is 5. The molecular weight excluding hydrogens is 270 g/mol. The number of aliphatic hydroxyl groups is 2. The van der Waals surface area contributed by atoms with Crippen LogP contribution in [0.25, 0.3) is 0 Å². The van der Waals surface area contributed by atoms with E-state index in [0.717, 1.165) is 16.8 Å². The van der Waals surface area contributed by atoms with Crippen LogP contribution in [0.3, 0.4) is 0 Å². The molecule has 0 radical (unpaired) electrons. The van der Waals surface area contributed by atoms with Crippen LogP contribution < -0.4 is 9.47 Å². The Labute approximate surface area is 123 Å². The lowest BCUT2D eigenvalue weighted by Gasteiger charge is -2.14. The zero-order chi connectivity index (χ0) is 15.4. The van der Waals surface area contributed by atoms with Crippen LogP contribution in [0, 0.1) is 13.8 Å². The molecule has 0 aliphatic heterocycles. The van der Waals surface area contributed by atoms with E-state index in [1.807, 2.05) is 19.9 Å². The molecule has 2 N–H and O–H groups in total. The third kappa shape index (κ3) is 3.32. The molecule has 1 heterocycles. The van der Waals surface area contributed by atoms with Crippen LogP contribution in [0.2, 0.25) is 0 Å². The Bertz CT molecular complexity index is 640. The molecule has 2 rings (SSSR count). The fraction of sp³-hybridized carbons (Fsp3) is 0.312. The van der Waals surface area contributed by atoms with Crippen molar-refractivity contribution in [3.8, 4) is 17.4 Å². The zero-order valence-electron chi connectivity index (χ0n) is 12.4. The van der Waals surface area contributed by atoms with Crippen LogP contribution in [-0.4, -0.2) is 22.3 Å². The predicted molar refractivity (Wildman–Crippen MR) is 78.6 cm³/mol. The Morgan fingerprint density at radius 2 is 1.81 bits per heavy atom. The Kier molecular flexibility index (Phi) is 4.77. The number of aromatic nitrogens is 1. The van der Waals surface area contributed by atoms with Gasteiger partial charge in [-0.2, -0.15) is 0 Å². The maximum absolute atomic E-state index is 9.49. The molecule has 2 aromatic rings. The first-order valence-corrected chi connectivity index (χ1v) is 6.62. The number of aliphatic hydroxyl groups excluding tert-OH is 2. The number of aryl methyl sites for hydroxylation is 2. The average Bonchev–Trinajstić information content (AvgIpc) is 2.47. The number of ether oxygens (including phenoxy) is 2. The number of methoxy groups -OCH3 is 1. The minimum absolute atomic E-state index is 0.0691. The van der Waals surface area contributed by atoms with E-state index in [-0.39, 0.29) is 13.2 Å². The van der Waals surface area contributed by atoms with Gasteiger partial charge in [-0.25, -0.2) is 4.98 Å². The topological polar surface area (TPSA) is 71.8 Å². The highest BCUT2D eigenvalue weighted by molar-refractivity contribution is 5.46. The summed E-state index contributed by atoms with van der Waals surface area (Å²) in [5, 5.41) is 18.6. The second kappa shape index (κ2) is 6.56. The van der Waals surface area contributed by atoms with E-state index in [2.05, 4.69) is 4.98 Å². The second-order valence-corrected chi connectivity index (χ2v) is 4.77. The molecule has 0 saturated carbocycles. The van der Waals surface area contributed by atoms with Gasteiger partial charge in [0.15, 0.2) is 11.5 Å². The van der Waals surface area contributed by atoms with Gasteiger partial charge in [0.25, 0.3) is 0 Å². The fourth-order valence-electron chi connectivity index (χ4n) is 2.10. The standard InChI is InChI=1S/C16H19NO4/c1-10-6-11(2)17-16(13(10)9-19)21-14-5-4-12(8-18)7-15(14)20-3/h4-7,18-19H,8-9H2,1-3H3. The molecule has 0 saturated heterocycles. The molecule has 1 aromatic carbocycles. The van der Waals surface area contributed by atoms with Crippen LogP contribution in [0.5, 0.6) is 17.4 Å². The maximum Gasteiger partial charge on any atom is 0.225 e. The monoisotopic (exact) mass is 289 g/mol. The molecule has 0 fully saturated rings. The molecular formula is C16H19NO4. The van der Waals surface area contributed by atoms with Crippen molar-refractivity contribution in [1.29, 1.82) is 0 Å². The van der Waals surface area contributed by atoms with Crippen molar-refractivity contribution < 1.29 is 19.7 Å². The van der Waals surface area contributed by atoms with Crippen LogP contribution in [0.15, 0.2) is 24.3 Å². The molecule has 0 atom stereocenters. The van der Waals surface area contributed by atoms with E-state index >= 15 is 0 Å². The first-order valence-electron chi connectivity index (χ1n) is 6.62. The fourth-order valence-corrected chi connectivity index (χ4v) is 2.10. The highest BCUT2D eigenvalue weighted by atomic mass is 16.5. The Balaban J connectivity index is 2.42. The molecule has 0 aliphatic carbocycles. The van der Waals surface area contributed by atoms with Crippen LogP contribution >= 0.6 is 0 Å². The number of rotatable bonds is 5. The Morgan fingerprint density at radius 3 is 2.43 bits per heavy atom. The lowest BCUT2D eigenvalue weighted by molar-refractivity contribution is 0.272. The molecule has 5 nitrogen and oxygen atoms in total. The van der Waals surface area contributed by atoms with Crippen molar-refractivity contribution in [3.05, 3.63) is 46.6 Å². The summed E-state index contributed by atoms with van der Waals surface area (Å²) in [6.07, 6.45) is 0. The lowest BCUT2D eigenvalue weighted by Crippen LogP contribution is -2.01. The van der Waals surface area contributed by atoms with Gasteiger partial charge in [0, 0.05) is 11.3 Å². The molecule has 0 aliphatic rings. The summed E-state index contributed by atoms with van der Waals surface area (Å²) in [6, 6.07) is 7.06. The van der Waals surface area contributed by atoms with Gasteiger partial charge >= 0.3 is 0 Å². The summed E-state index contributed by atoms with van der Waals surface area (Å²) in [7, 11) is 1.53. The number of benzene rings is 1. The lowest BCUT2D eigenvalue weighted by atomic mass is 10.1. The van der Waals surface area contributed by atoms with Crippen molar-refractivity contribution in [1.82, 2.24) is 4.98 Å². The average molecular weight is 289 g/mol. The molecule has 0 spiro atoms. The quantitative estimate of drug-likeness (QED) is 0.884. The molecule has 21 heavy (non-hydrogen) atoms. The minimum atomic E-state index is -0.147. The van der Waals surface area contributed by atoms with Gasteiger partial charge in [-0.05, 0) is 43.2 Å². The molecule has 112 valence electrons. The zero-order valence-corrected chi connectivity index (χ0v) is 12.4. The van der Waals surface area contributed by atoms with Crippen LogP contribution in [0.4, 0.5) is 0 Å². The summed E-state index contributed by atoms with van der Waals surface area (Å²) < 4.78 is 11.1. The molecule has 0 bridgehead atoms. The second-order valence-electron chi connectivity index (χ2n) is 4.77. The largest absolute Gasteiger partial charge is 0.493 e. The van der Waals surface area contributed by atoms with E-state index in [0.29, 0.717) is 22.9 Å². The van der Waals surface area contributed by atoms with Crippen molar-refractivity contribution >= 4 is 0 Å². The first-order chi connectivity index (χ1) is 10.1. The summed E-state index contributed by atoms with van der Waals surface area (Å²) in [4.78, 5) is 4.33. The van der Waals surface area contributed by atoms with E-state index < -0.39 is 0 Å². The van der Waals surface area contributed by atoms with Gasteiger partial charge in [-0.3, -0.25) is 0 Å². The summed E-state index contributed by atoms with van der Waals surface area (Å²) in [5.74, 6) is 1.36. The van der Waals surface area contributed by atoms with Gasteiger partial charge in [0.05, 0.1) is 20.3 Å². The molecule has 0 unspecified atom stereocenters. The van der Waals surface area contributed by atoms with Gasteiger partial charge in [0.1, 0.15) is 0 Å². The minimum Gasteiger partial charge on any atom is -0.493 e. The van der Waals surface area contributed by atoms with Crippen molar-refractivity contribution in [2.24, 2.45) is 0 Å². The SMILES string of the molecule is COc1cc(CO)ccc1Oc1nc(C)cc(C)c1CO. The summed E-state index contributed by atoms with van der Waals surface area (Å²) in [5.41, 5.74) is 3.11. The van der Waals surface area contributed by atoms with Crippen molar-refractivity contribution in [3.63, 3.8) is 0 Å². The smallest absolute Gasteiger partial charge is 0.225 e. The maximum atomic E-state index is 9.49. The summed E-state index contributed by atoms with van der Waals surface area (Å²) >= 11 is 0. The Morgan fingerprint density at radius 1 is 1.05 bits per heavy atom. The van der Waals surface area contributed by atoms with E-state index in [4.69, 9.17) is 14.6 Å². The predicted octanol–water partition coefficient (Wildman–Crippen LogP) is 2.48. The van der Waals surface area contributed by atoms with Gasteiger partial charge in [-0.15, -0.1) is 0 Å². The van der Waals surface area contributed by atoms with Crippen LogP contribution in [0.1, 0.15) is 22.4 Å². The third-order valence-corrected chi connectivity index (χ3v) is 3.21. The highest BCUT2D eigenvalue weighted by Gasteiger charge is 2.13. The molecule has 1 aromatic heterocycles. The van der Waals surface area contributed by atoms with E-state index in [1.165, 1.54) is 7.11 Å². The van der Waals surface area contributed by atoms with Crippen molar-refractivity contribution in [2.75, 3.05) is 7.11 Å². The van der Waals surface area contributed by atoms with Crippen LogP contribution in [-0.2, 0) is 13.2 Å². The van der Waals surface area contributed by atoms with Gasteiger partial charge in [-0.1, -0.05) is 6.07 Å². The van der Waals surface area contributed by atoms with E-state index in [1.54, 1.807) is 18.2 Å². The first kappa shape index (κ1) is 15.3.